The second-order valence-corrected chi connectivity index (χ2v) is 4.98. The smallest absolute Gasteiger partial charge is 0.273 e. The van der Waals surface area contributed by atoms with Gasteiger partial charge in [-0.15, -0.1) is 0 Å². The third kappa shape index (κ3) is 3.62. The van der Waals surface area contributed by atoms with E-state index in [0.29, 0.717) is 12.3 Å². The standard InChI is InChI=1S/C13H16N4O2/c1-13(2,14)8-16-12(18)10-7-11(19-17-10)9-3-5-15-6-4-9/h3-7H,8,14H2,1-2H3,(H,16,18). The summed E-state index contributed by atoms with van der Waals surface area (Å²) in [4.78, 5) is 15.7. The van der Waals surface area contributed by atoms with Crippen molar-refractivity contribution in [3.8, 4) is 11.3 Å². The number of nitrogens with zero attached hydrogens (tertiary/aromatic N) is 2. The van der Waals surface area contributed by atoms with Gasteiger partial charge in [0.15, 0.2) is 11.5 Å². The van der Waals surface area contributed by atoms with Crippen LogP contribution in [0.5, 0.6) is 0 Å². The van der Waals surface area contributed by atoms with E-state index in [1.165, 1.54) is 0 Å². The maximum atomic E-state index is 11.8. The molecule has 0 aliphatic heterocycles. The summed E-state index contributed by atoms with van der Waals surface area (Å²) < 4.78 is 5.13. The maximum absolute atomic E-state index is 11.8. The summed E-state index contributed by atoms with van der Waals surface area (Å²) in [6, 6.07) is 5.16. The summed E-state index contributed by atoms with van der Waals surface area (Å²) >= 11 is 0. The van der Waals surface area contributed by atoms with Gasteiger partial charge < -0.3 is 15.6 Å². The molecule has 0 bridgehead atoms. The molecule has 2 rings (SSSR count). The fourth-order valence-electron chi connectivity index (χ4n) is 1.43. The first-order chi connectivity index (χ1) is 8.96. The van der Waals surface area contributed by atoms with Gasteiger partial charge in [-0.05, 0) is 26.0 Å². The molecule has 2 aromatic heterocycles. The molecule has 0 saturated heterocycles. The lowest BCUT2D eigenvalue weighted by molar-refractivity contribution is 0.0937. The molecule has 100 valence electrons. The van der Waals surface area contributed by atoms with Crippen LogP contribution in [0.4, 0.5) is 0 Å². The molecule has 0 aliphatic rings. The zero-order chi connectivity index (χ0) is 13.9. The maximum Gasteiger partial charge on any atom is 0.273 e. The van der Waals surface area contributed by atoms with Gasteiger partial charge in [-0.2, -0.15) is 0 Å². The van der Waals surface area contributed by atoms with E-state index in [2.05, 4.69) is 15.5 Å². The van der Waals surface area contributed by atoms with E-state index in [0.717, 1.165) is 5.56 Å². The van der Waals surface area contributed by atoms with Crippen molar-refractivity contribution in [3.05, 3.63) is 36.3 Å². The quantitative estimate of drug-likeness (QED) is 0.861. The summed E-state index contributed by atoms with van der Waals surface area (Å²) in [6.45, 7) is 4.03. The lowest BCUT2D eigenvalue weighted by atomic mass is 10.1. The fourth-order valence-corrected chi connectivity index (χ4v) is 1.43. The SMILES string of the molecule is CC(C)(N)CNC(=O)c1cc(-c2ccncc2)on1. The monoisotopic (exact) mass is 260 g/mol. The Morgan fingerprint density at radius 2 is 2.11 bits per heavy atom. The Morgan fingerprint density at radius 3 is 2.74 bits per heavy atom. The number of carbonyl (C=O) groups excluding carboxylic acids is 1. The van der Waals surface area contributed by atoms with Crippen LogP contribution in [0.2, 0.25) is 0 Å². The number of hydrogen-bond acceptors (Lipinski definition) is 5. The number of aromatic nitrogens is 2. The molecule has 0 fully saturated rings. The highest BCUT2D eigenvalue weighted by Crippen LogP contribution is 2.18. The molecule has 0 spiro atoms. The van der Waals surface area contributed by atoms with Crippen LogP contribution >= 0.6 is 0 Å². The highest BCUT2D eigenvalue weighted by Gasteiger charge is 2.16. The zero-order valence-electron chi connectivity index (χ0n) is 10.9. The first kappa shape index (κ1) is 13.2. The molecule has 0 unspecified atom stereocenters. The third-order valence-electron chi connectivity index (χ3n) is 2.41. The minimum Gasteiger partial charge on any atom is -0.355 e. The molecule has 0 aliphatic carbocycles. The van der Waals surface area contributed by atoms with Gasteiger partial charge in [0.05, 0.1) is 0 Å². The average molecular weight is 260 g/mol. The molecule has 0 aromatic carbocycles. The molecule has 1 amide bonds. The number of hydrogen-bond donors (Lipinski definition) is 2. The second kappa shape index (κ2) is 5.19. The first-order valence-electron chi connectivity index (χ1n) is 5.90. The van der Waals surface area contributed by atoms with E-state index >= 15 is 0 Å². The molecule has 2 heterocycles. The van der Waals surface area contributed by atoms with E-state index < -0.39 is 5.54 Å². The van der Waals surface area contributed by atoms with Crippen LogP contribution in [0.3, 0.4) is 0 Å². The molecule has 6 heteroatoms. The number of carbonyl (C=O) groups is 1. The molecule has 19 heavy (non-hydrogen) atoms. The molecule has 2 aromatic rings. The van der Waals surface area contributed by atoms with Crippen LogP contribution in [-0.2, 0) is 0 Å². The van der Waals surface area contributed by atoms with Gasteiger partial charge in [0.25, 0.3) is 5.91 Å². The van der Waals surface area contributed by atoms with Crippen LogP contribution in [0.25, 0.3) is 11.3 Å². The zero-order valence-corrected chi connectivity index (χ0v) is 10.9. The van der Waals surface area contributed by atoms with Gasteiger partial charge in [-0.3, -0.25) is 9.78 Å². The Balaban J connectivity index is 2.07. The van der Waals surface area contributed by atoms with E-state index in [1.807, 2.05) is 13.8 Å². The number of nitrogens with one attached hydrogen (secondary N) is 1. The number of amides is 1. The van der Waals surface area contributed by atoms with Crippen molar-refractivity contribution in [1.82, 2.24) is 15.5 Å². The first-order valence-corrected chi connectivity index (χ1v) is 5.90. The van der Waals surface area contributed by atoms with Crippen LogP contribution in [0, 0.1) is 0 Å². The predicted molar refractivity (Wildman–Crippen MR) is 70.3 cm³/mol. The van der Waals surface area contributed by atoms with Gasteiger partial charge >= 0.3 is 0 Å². The van der Waals surface area contributed by atoms with Crippen LogP contribution in [-0.4, -0.2) is 28.1 Å². The third-order valence-corrected chi connectivity index (χ3v) is 2.41. The van der Waals surface area contributed by atoms with Crippen LogP contribution in [0.1, 0.15) is 24.3 Å². The topological polar surface area (TPSA) is 94.0 Å². The molecule has 6 nitrogen and oxygen atoms in total. The summed E-state index contributed by atoms with van der Waals surface area (Å²) in [5, 5.41) is 6.45. The van der Waals surface area contributed by atoms with Crippen molar-refractivity contribution in [2.24, 2.45) is 5.73 Å². The minimum absolute atomic E-state index is 0.232. The largest absolute Gasteiger partial charge is 0.355 e. The van der Waals surface area contributed by atoms with Gasteiger partial charge in [0, 0.05) is 36.1 Å². The average Bonchev–Trinajstić information content (AvgIpc) is 2.86. The molecule has 3 N–H and O–H groups in total. The highest BCUT2D eigenvalue weighted by atomic mass is 16.5. The lowest BCUT2D eigenvalue weighted by Crippen LogP contribution is -2.45. The van der Waals surface area contributed by atoms with E-state index in [4.69, 9.17) is 10.3 Å². The minimum atomic E-state index is -0.465. The number of pyridine rings is 1. The van der Waals surface area contributed by atoms with Gasteiger partial charge in [-0.1, -0.05) is 5.16 Å². The summed E-state index contributed by atoms with van der Waals surface area (Å²) in [6.07, 6.45) is 3.29. The molecular weight excluding hydrogens is 244 g/mol. The van der Waals surface area contributed by atoms with Crippen LogP contribution in [0.15, 0.2) is 35.1 Å². The lowest BCUT2D eigenvalue weighted by Gasteiger charge is -2.18. The van der Waals surface area contributed by atoms with E-state index in [1.54, 1.807) is 30.6 Å². The fraction of sp³-hybridized carbons (Fsp3) is 0.308. The summed E-state index contributed by atoms with van der Waals surface area (Å²) in [5.41, 5.74) is 6.38. The van der Waals surface area contributed by atoms with Gasteiger partial charge in [0.2, 0.25) is 0 Å². The highest BCUT2D eigenvalue weighted by molar-refractivity contribution is 5.93. The predicted octanol–water partition coefficient (Wildman–Crippen LogP) is 1.20. The van der Waals surface area contributed by atoms with Crippen LogP contribution < -0.4 is 11.1 Å². The second-order valence-electron chi connectivity index (χ2n) is 4.98. The Bertz CT molecular complexity index is 558. The van der Waals surface area contributed by atoms with Crippen molar-refractivity contribution in [1.29, 1.82) is 0 Å². The Hall–Kier alpha value is -2.21. The summed E-state index contributed by atoms with van der Waals surface area (Å²) in [5.74, 6) is 0.224. The summed E-state index contributed by atoms with van der Waals surface area (Å²) in [7, 11) is 0. The van der Waals surface area contributed by atoms with Crippen molar-refractivity contribution in [2.75, 3.05) is 6.54 Å². The number of nitrogens with two attached hydrogens (primary N) is 1. The Kier molecular flexibility index (Phi) is 3.62. The van der Waals surface area contributed by atoms with E-state index in [9.17, 15) is 4.79 Å². The van der Waals surface area contributed by atoms with Gasteiger partial charge in [-0.25, -0.2) is 0 Å². The van der Waals surface area contributed by atoms with Crippen molar-refractivity contribution >= 4 is 5.91 Å². The van der Waals surface area contributed by atoms with E-state index in [-0.39, 0.29) is 11.6 Å². The van der Waals surface area contributed by atoms with Crippen molar-refractivity contribution in [3.63, 3.8) is 0 Å². The van der Waals surface area contributed by atoms with Crippen molar-refractivity contribution in [2.45, 2.75) is 19.4 Å². The van der Waals surface area contributed by atoms with Crippen molar-refractivity contribution < 1.29 is 9.32 Å². The Labute approximate surface area is 111 Å². The molecule has 0 radical (unpaired) electrons. The molecule has 0 saturated carbocycles. The molecule has 0 atom stereocenters. The molecular formula is C13H16N4O2. The Morgan fingerprint density at radius 1 is 1.42 bits per heavy atom. The number of rotatable bonds is 4. The normalized spacial score (nSPS) is 11.3. The van der Waals surface area contributed by atoms with Gasteiger partial charge in [0.1, 0.15) is 0 Å².